The first-order chi connectivity index (χ1) is 13.6. The number of nitrogens with zero attached hydrogens (tertiary/aromatic N) is 1. The van der Waals surface area contributed by atoms with E-state index in [2.05, 4.69) is 34.6 Å². The number of benzene rings is 2. The van der Waals surface area contributed by atoms with E-state index in [9.17, 15) is 4.79 Å². The lowest BCUT2D eigenvalue weighted by atomic mass is 9.85. The minimum atomic E-state index is -0.0678. The summed E-state index contributed by atoms with van der Waals surface area (Å²) in [6.07, 6.45) is 0.375. The van der Waals surface area contributed by atoms with E-state index in [1.807, 2.05) is 37.3 Å². The molecule has 0 saturated heterocycles. The molecule has 28 heavy (non-hydrogen) atoms. The zero-order chi connectivity index (χ0) is 19.7. The van der Waals surface area contributed by atoms with Crippen molar-refractivity contribution in [2.75, 3.05) is 12.4 Å². The van der Waals surface area contributed by atoms with Crippen molar-refractivity contribution in [1.82, 2.24) is 10.2 Å². The van der Waals surface area contributed by atoms with Gasteiger partial charge in [0.1, 0.15) is 6.61 Å². The highest BCUT2D eigenvalue weighted by Crippen LogP contribution is 2.40. The Morgan fingerprint density at radius 2 is 1.96 bits per heavy atom. The van der Waals surface area contributed by atoms with Crippen LogP contribution in [-0.2, 0) is 11.4 Å². The maximum absolute atomic E-state index is 12.1. The smallest absolute Gasteiger partial charge is 0.226 e. The van der Waals surface area contributed by atoms with Crippen LogP contribution in [-0.4, -0.2) is 23.2 Å². The number of carbonyl (C=O) groups excluding carboxylic acids is 1. The Balaban J connectivity index is 1.62. The summed E-state index contributed by atoms with van der Waals surface area (Å²) in [6, 6.07) is 14.0. The summed E-state index contributed by atoms with van der Waals surface area (Å²) >= 11 is 0. The molecule has 0 fully saturated rings. The predicted octanol–water partition coefficient (Wildman–Crippen LogP) is 4.09. The molecule has 1 amide bonds. The van der Waals surface area contributed by atoms with Gasteiger partial charge < -0.3 is 14.8 Å². The van der Waals surface area contributed by atoms with E-state index in [-0.39, 0.29) is 11.8 Å². The third-order valence-electron chi connectivity index (χ3n) is 5.22. The third kappa shape index (κ3) is 3.33. The average molecular weight is 377 g/mol. The number of carbonyl (C=O) groups is 1. The molecule has 3 aromatic rings. The van der Waals surface area contributed by atoms with Crippen molar-refractivity contribution in [2.24, 2.45) is 0 Å². The quantitative estimate of drug-likeness (QED) is 0.702. The molecule has 6 heteroatoms. The van der Waals surface area contributed by atoms with Gasteiger partial charge in [0.2, 0.25) is 5.91 Å². The second kappa shape index (κ2) is 7.38. The van der Waals surface area contributed by atoms with Crippen LogP contribution in [0.1, 0.15) is 40.3 Å². The molecule has 1 aromatic heterocycles. The minimum Gasteiger partial charge on any atom is -0.493 e. The fraction of sp³-hybridized carbons (Fsp3) is 0.273. The zero-order valence-corrected chi connectivity index (χ0v) is 16.2. The van der Waals surface area contributed by atoms with Crippen LogP contribution in [0.2, 0.25) is 0 Å². The van der Waals surface area contributed by atoms with Gasteiger partial charge in [0, 0.05) is 23.6 Å². The van der Waals surface area contributed by atoms with Gasteiger partial charge in [-0.3, -0.25) is 9.89 Å². The second-order valence-electron chi connectivity index (χ2n) is 7.04. The van der Waals surface area contributed by atoms with Crippen LogP contribution in [0.25, 0.3) is 0 Å². The molecule has 144 valence electrons. The van der Waals surface area contributed by atoms with Gasteiger partial charge >= 0.3 is 0 Å². The first-order valence-corrected chi connectivity index (χ1v) is 9.26. The van der Waals surface area contributed by atoms with E-state index in [1.165, 1.54) is 5.56 Å². The molecular weight excluding hydrogens is 354 g/mol. The molecule has 2 aromatic carbocycles. The van der Waals surface area contributed by atoms with Gasteiger partial charge in [0.25, 0.3) is 0 Å². The summed E-state index contributed by atoms with van der Waals surface area (Å²) in [5, 5.41) is 9.99. The van der Waals surface area contributed by atoms with Crippen LogP contribution in [0, 0.1) is 13.8 Å². The fourth-order valence-corrected chi connectivity index (χ4v) is 3.66. The molecule has 6 nitrogen and oxygen atoms in total. The molecule has 2 N–H and O–H groups in total. The van der Waals surface area contributed by atoms with E-state index in [4.69, 9.17) is 9.47 Å². The SMILES string of the molecule is COc1cc(C2CC(=O)Nc3n[nH]c(C)c32)ccc1OCc1ccccc1C. The Kier molecular flexibility index (Phi) is 4.77. The van der Waals surface area contributed by atoms with Gasteiger partial charge in [0.15, 0.2) is 17.3 Å². The highest BCUT2D eigenvalue weighted by molar-refractivity contribution is 5.94. The average Bonchev–Trinajstić information content (AvgIpc) is 3.07. The number of ether oxygens (including phenoxy) is 2. The number of aromatic amines is 1. The van der Waals surface area contributed by atoms with Crippen molar-refractivity contribution in [2.45, 2.75) is 32.8 Å². The number of amides is 1. The molecule has 0 bridgehead atoms. The number of hydrogen-bond donors (Lipinski definition) is 2. The lowest BCUT2D eigenvalue weighted by Crippen LogP contribution is -2.23. The van der Waals surface area contributed by atoms with Crippen LogP contribution in [0.4, 0.5) is 5.82 Å². The van der Waals surface area contributed by atoms with Crippen LogP contribution < -0.4 is 14.8 Å². The molecule has 0 spiro atoms. The van der Waals surface area contributed by atoms with E-state index in [0.717, 1.165) is 22.4 Å². The predicted molar refractivity (Wildman–Crippen MR) is 107 cm³/mol. The van der Waals surface area contributed by atoms with Crippen molar-refractivity contribution < 1.29 is 14.3 Å². The van der Waals surface area contributed by atoms with E-state index >= 15 is 0 Å². The van der Waals surface area contributed by atoms with Crippen LogP contribution in [0.3, 0.4) is 0 Å². The van der Waals surface area contributed by atoms with Gasteiger partial charge in [-0.2, -0.15) is 5.10 Å². The third-order valence-corrected chi connectivity index (χ3v) is 5.22. The van der Waals surface area contributed by atoms with Crippen LogP contribution in [0.5, 0.6) is 11.5 Å². The Morgan fingerprint density at radius 3 is 2.75 bits per heavy atom. The molecule has 1 unspecified atom stereocenters. The summed E-state index contributed by atoms with van der Waals surface area (Å²) in [5.41, 5.74) is 5.31. The number of anilines is 1. The molecule has 4 rings (SSSR count). The van der Waals surface area contributed by atoms with Crippen molar-refractivity contribution >= 4 is 11.7 Å². The summed E-state index contributed by atoms with van der Waals surface area (Å²) in [4.78, 5) is 12.1. The number of aromatic nitrogens is 2. The Morgan fingerprint density at radius 1 is 1.14 bits per heavy atom. The fourth-order valence-electron chi connectivity index (χ4n) is 3.66. The molecular formula is C22H23N3O3. The Hall–Kier alpha value is -3.28. The molecule has 1 aliphatic heterocycles. The number of aryl methyl sites for hydroxylation is 2. The highest BCUT2D eigenvalue weighted by Gasteiger charge is 2.31. The largest absolute Gasteiger partial charge is 0.493 e. The first-order valence-electron chi connectivity index (χ1n) is 9.26. The maximum Gasteiger partial charge on any atom is 0.226 e. The van der Waals surface area contributed by atoms with Gasteiger partial charge in [0.05, 0.1) is 7.11 Å². The van der Waals surface area contributed by atoms with E-state index < -0.39 is 0 Å². The van der Waals surface area contributed by atoms with Gasteiger partial charge in [-0.05, 0) is 42.7 Å². The van der Waals surface area contributed by atoms with Crippen molar-refractivity contribution in [3.8, 4) is 11.5 Å². The summed E-state index contributed by atoms with van der Waals surface area (Å²) in [5.74, 6) is 1.83. The number of rotatable bonds is 5. The summed E-state index contributed by atoms with van der Waals surface area (Å²) in [6.45, 7) is 4.50. The number of H-pyrrole nitrogens is 1. The lowest BCUT2D eigenvalue weighted by Gasteiger charge is -2.24. The maximum atomic E-state index is 12.1. The van der Waals surface area contributed by atoms with Gasteiger partial charge in [-0.25, -0.2) is 0 Å². The Bertz CT molecular complexity index is 1030. The number of methoxy groups -OCH3 is 1. The molecule has 1 aliphatic rings. The number of nitrogens with one attached hydrogen (secondary N) is 2. The Labute approximate surface area is 163 Å². The van der Waals surface area contributed by atoms with Gasteiger partial charge in [-0.15, -0.1) is 0 Å². The second-order valence-corrected chi connectivity index (χ2v) is 7.04. The van der Waals surface area contributed by atoms with Gasteiger partial charge in [-0.1, -0.05) is 30.3 Å². The lowest BCUT2D eigenvalue weighted by molar-refractivity contribution is -0.116. The molecule has 2 heterocycles. The molecule has 1 atom stereocenters. The van der Waals surface area contributed by atoms with Crippen molar-refractivity contribution in [3.05, 3.63) is 70.4 Å². The molecule has 0 radical (unpaired) electrons. The monoisotopic (exact) mass is 377 g/mol. The van der Waals surface area contributed by atoms with E-state index in [0.29, 0.717) is 30.3 Å². The topological polar surface area (TPSA) is 76.2 Å². The van der Waals surface area contributed by atoms with E-state index in [1.54, 1.807) is 7.11 Å². The molecule has 0 saturated carbocycles. The van der Waals surface area contributed by atoms with Crippen molar-refractivity contribution in [3.63, 3.8) is 0 Å². The minimum absolute atomic E-state index is 0.0390. The number of hydrogen-bond acceptors (Lipinski definition) is 4. The zero-order valence-electron chi connectivity index (χ0n) is 16.2. The number of fused-ring (bicyclic) bond motifs is 1. The summed E-state index contributed by atoms with van der Waals surface area (Å²) < 4.78 is 11.6. The van der Waals surface area contributed by atoms with Crippen molar-refractivity contribution in [1.29, 1.82) is 0 Å². The van der Waals surface area contributed by atoms with Crippen LogP contribution >= 0.6 is 0 Å². The van der Waals surface area contributed by atoms with Crippen LogP contribution in [0.15, 0.2) is 42.5 Å². The highest BCUT2D eigenvalue weighted by atomic mass is 16.5. The molecule has 0 aliphatic carbocycles. The summed E-state index contributed by atoms with van der Waals surface area (Å²) in [7, 11) is 1.63. The first kappa shape index (κ1) is 18.1. The standard InChI is InChI=1S/C22H23N3O3/c1-13-6-4-5-7-16(13)12-28-18-9-8-15(10-19(18)27-3)17-11-20(26)23-22-21(17)14(2)24-25-22/h4-10,17H,11-12H2,1-3H3,(H2,23,24,25,26). The normalized spacial score (nSPS) is 15.7.